The molecule has 0 spiro atoms. The topological polar surface area (TPSA) is 50.4 Å². The number of hydrogen-bond acceptors (Lipinski definition) is 4. The van der Waals surface area contributed by atoms with Gasteiger partial charge in [0, 0.05) is 22.8 Å². The molecule has 2 atom stereocenters. The Bertz CT molecular complexity index is 798. The first-order valence-corrected chi connectivity index (χ1v) is 11.5. The summed E-state index contributed by atoms with van der Waals surface area (Å²) in [7, 11) is 0. The van der Waals surface area contributed by atoms with E-state index in [0.29, 0.717) is 17.2 Å². The van der Waals surface area contributed by atoms with Crippen LogP contribution in [0.25, 0.3) is 0 Å². The molecule has 2 aliphatic carbocycles. The van der Waals surface area contributed by atoms with Crippen LogP contribution in [0, 0.1) is 11.8 Å². The highest BCUT2D eigenvalue weighted by Crippen LogP contribution is 2.49. The summed E-state index contributed by atoms with van der Waals surface area (Å²) < 4.78 is 5.83. The van der Waals surface area contributed by atoms with Crippen LogP contribution in [0.4, 0.5) is 0 Å². The monoisotopic (exact) mass is 386 g/mol. The van der Waals surface area contributed by atoms with E-state index in [0.717, 1.165) is 36.5 Å². The summed E-state index contributed by atoms with van der Waals surface area (Å²) in [6, 6.07) is 5.83. The highest BCUT2D eigenvalue weighted by Gasteiger charge is 2.38. The number of rotatable bonds is 7. The second-order valence-corrected chi connectivity index (χ2v) is 9.39. The lowest BCUT2D eigenvalue weighted by Gasteiger charge is -2.25. The zero-order valence-electron chi connectivity index (χ0n) is 16.2. The van der Waals surface area contributed by atoms with Crippen LogP contribution in [-0.4, -0.2) is 5.11 Å². The normalized spacial score (nSPS) is 20.5. The number of aromatic hydroxyl groups is 1. The fraction of sp³-hybridized carbons (Fsp3) is 0.609. The van der Waals surface area contributed by atoms with E-state index in [1.165, 1.54) is 32.1 Å². The van der Waals surface area contributed by atoms with E-state index < -0.39 is 0 Å². The standard InChI is InChI=1S/C23H30O3S/c1-2-16(13-15-7-4-3-5-8-15)19-14-18(24)22(23(25)26-19)21(17-10-11-17)20-9-6-12-27-20/h6,9,12,14-17,21,24H,2-5,7-8,10-11,13H2,1H3. The van der Waals surface area contributed by atoms with Crippen LogP contribution in [0.2, 0.25) is 0 Å². The van der Waals surface area contributed by atoms with Crippen molar-refractivity contribution in [2.24, 2.45) is 11.8 Å². The van der Waals surface area contributed by atoms with Gasteiger partial charge in [-0.3, -0.25) is 0 Å². The van der Waals surface area contributed by atoms with Gasteiger partial charge in [-0.2, -0.15) is 0 Å². The maximum Gasteiger partial charge on any atom is 0.343 e. The summed E-state index contributed by atoms with van der Waals surface area (Å²) >= 11 is 1.66. The van der Waals surface area contributed by atoms with Gasteiger partial charge in [0.25, 0.3) is 0 Å². The van der Waals surface area contributed by atoms with Crippen molar-refractivity contribution in [2.75, 3.05) is 0 Å². The van der Waals surface area contributed by atoms with Gasteiger partial charge in [0.1, 0.15) is 11.5 Å². The molecule has 4 heteroatoms. The maximum atomic E-state index is 12.9. The van der Waals surface area contributed by atoms with E-state index in [4.69, 9.17) is 4.42 Å². The molecule has 2 fully saturated rings. The molecule has 0 aliphatic heterocycles. The van der Waals surface area contributed by atoms with Crippen molar-refractivity contribution in [3.8, 4) is 5.75 Å². The molecule has 2 saturated carbocycles. The molecular weight excluding hydrogens is 356 g/mol. The fourth-order valence-electron chi connectivity index (χ4n) is 4.81. The first-order valence-electron chi connectivity index (χ1n) is 10.6. The fourth-order valence-corrected chi connectivity index (χ4v) is 5.74. The Morgan fingerprint density at radius 1 is 1.22 bits per heavy atom. The van der Waals surface area contributed by atoms with Crippen LogP contribution in [0.3, 0.4) is 0 Å². The second kappa shape index (κ2) is 8.22. The Hall–Kier alpha value is -1.55. The largest absolute Gasteiger partial charge is 0.507 e. The van der Waals surface area contributed by atoms with Gasteiger partial charge in [-0.15, -0.1) is 11.3 Å². The summed E-state index contributed by atoms with van der Waals surface area (Å²) in [5.41, 5.74) is 0.133. The molecule has 2 aromatic rings. The van der Waals surface area contributed by atoms with Crippen molar-refractivity contribution in [2.45, 2.75) is 76.5 Å². The molecule has 4 rings (SSSR count). The predicted octanol–water partition coefficient (Wildman–Crippen LogP) is 6.41. The van der Waals surface area contributed by atoms with Gasteiger partial charge in [0.15, 0.2) is 0 Å². The quantitative estimate of drug-likeness (QED) is 0.598. The summed E-state index contributed by atoms with van der Waals surface area (Å²) in [6.07, 6.45) is 10.8. The van der Waals surface area contributed by atoms with Crippen LogP contribution in [0.1, 0.15) is 92.7 Å². The molecule has 2 unspecified atom stereocenters. The average Bonchev–Trinajstić information content (AvgIpc) is 3.36. The minimum Gasteiger partial charge on any atom is -0.507 e. The lowest BCUT2D eigenvalue weighted by Crippen LogP contribution is -2.18. The van der Waals surface area contributed by atoms with E-state index in [9.17, 15) is 9.90 Å². The molecule has 2 aliphatic rings. The van der Waals surface area contributed by atoms with Crippen molar-refractivity contribution < 1.29 is 9.52 Å². The van der Waals surface area contributed by atoms with Gasteiger partial charge in [0.05, 0.1) is 5.56 Å². The van der Waals surface area contributed by atoms with E-state index in [1.807, 2.05) is 11.4 Å². The van der Waals surface area contributed by atoms with Crippen LogP contribution in [-0.2, 0) is 0 Å². The van der Waals surface area contributed by atoms with Gasteiger partial charge in [-0.25, -0.2) is 4.79 Å². The SMILES string of the molecule is CCC(CC1CCCCC1)c1cc(O)c(C(c2cccs2)C2CC2)c(=O)o1. The minimum atomic E-state index is -0.336. The molecule has 1 N–H and O–H groups in total. The third-order valence-corrected chi connectivity index (χ3v) is 7.43. The maximum absolute atomic E-state index is 12.9. The van der Waals surface area contributed by atoms with Crippen LogP contribution < -0.4 is 5.63 Å². The van der Waals surface area contributed by atoms with Crippen molar-refractivity contribution in [1.82, 2.24) is 0 Å². The highest BCUT2D eigenvalue weighted by molar-refractivity contribution is 7.10. The number of hydrogen-bond donors (Lipinski definition) is 1. The third-order valence-electron chi connectivity index (χ3n) is 6.48. The van der Waals surface area contributed by atoms with Crippen LogP contribution in [0.15, 0.2) is 32.8 Å². The van der Waals surface area contributed by atoms with E-state index in [-0.39, 0.29) is 23.2 Å². The summed E-state index contributed by atoms with van der Waals surface area (Å²) in [5, 5.41) is 12.8. The molecule has 2 aromatic heterocycles. The van der Waals surface area contributed by atoms with E-state index in [1.54, 1.807) is 17.4 Å². The molecule has 2 heterocycles. The van der Waals surface area contributed by atoms with Crippen LogP contribution in [0.5, 0.6) is 5.75 Å². The zero-order valence-corrected chi connectivity index (χ0v) is 17.0. The lowest BCUT2D eigenvalue weighted by molar-refractivity contribution is 0.290. The van der Waals surface area contributed by atoms with Crippen molar-refractivity contribution in [1.29, 1.82) is 0 Å². The van der Waals surface area contributed by atoms with Gasteiger partial charge >= 0.3 is 5.63 Å². The first-order chi connectivity index (χ1) is 13.2. The Balaban J connectivity index is 1.61. The number of thiophene rings is 1. The van der Waals surface area contributed by atoms with Crippen molar-refractivity contribution in [3.63, 3.8) is 0 Å². The van der Waals surface area contributed by atoms with Gasteiger partial charge < -0.3 is 9.52 Å². The summed E-state index contributed by atoms with van der Waals surface area (Å²) in [6.45, 7) is 2.15. The molecule has 0 radical (unpaired) electrons. The zero-order chi connectivity index (χ0) is 18.8. The van der Waals surface area contributed by atoms with Crippen molar-refractivity contribution in [3.05, 3.63) is 50.2 Å². The van der Waals surface area contributed by atoms with Gasteiger partial charge in [0.2, 0.25) is 0 Å². The Labute approximate surface area is 165 Å². The molecule has 0 aromatic carbocycles. The molecular formula is C23H30O3S. The third kappa shape index (κ3) is 4.16. The molecule has 3 nitrogen and oxygen atoms in total. The minimum absolute atomic E-state index is 0.0197. The smallest absolute Gasteiger partial charge is 0.343 e. The average molecular weight is 387 g/mol. The van der Waals surface area contributed by atoms with E-state index in [2.05, 4.69) is 13.0 Å². The lowest BCUT2D eigenvalue weighted by atomic mass is 9.81. The second-order valence-electron chi connectivity index (χ2n) is 8.41. The first kappa shape index (κ1) is 18.8. The Morgan fingerprint density at radius 3 is 2.59 bits per heavy atom. The van der Waals surface area contributed by atoms with Crippen LogP contribution >= 0.6 is 11.3 Å². The molecule has 27 heavy (non-hydrogen) atoms. The molecule has 146 valence electrons. The summed E-state index contributed by atoms with van der Waals surface area (Å²) in [5.74, 6) is 2.19. The molecule has 0 bridgehead atoms. The molecule has 0 amide bonds. The van der Waals surface area contributed by atoms with Gasteiger partial charge in [-0.1, -0.05) is 45.1 Å². The Morgan fingerprint density at radius 2 is 2.00 bits per heavy atom. The highest BCUT2D eigenvalue weighted by atomic mass is 32.1. The van der Waals surface area contributed by atoms with E-state index >= 15 is 0 Å². The van der Waals surface area contributed by atoms with Gasteiger partial charge in [-0.05, 0) is 49.0 Å². The molecule has 0 saturated heterocycles. The van der Waals surface area contributed by atoms with Crippen molar-refractivity contribution >= 4 is 11.3 Å². The Kier molecular flexibility index (Phi) is 5.72. The predicted molar refractivity (Wildman–Crippen MR) is 110 cm³/mol. The summed E-state index contributed by atoms with van der Waals surface area (Å²) in [4.78, 5) is 14.1.